The molecule has 2 fully saturated rings. The number of amides is 1. The van der Waals surface area contributed by atoms with Gasteiger partial charge in [0.15, 0.2) is 0 Å². The number of halogens is 2. The molecule has 1 aromatic carbocycles. The Morgan fingerprint density at radius 2 is 2.04 bits per heavy atom. The molecule has 1 aromatic rings. The molecule has 2 aliphatic carbocycles. The van der Waals surface area contributed by atoms with Crippen molar-refractivity contribution in [2.75, 3.05) is 6.54 Å². The first kappa shape index (κ1) is 16.4. The summed E-state index contributed by atoms with van der Waals surface area (Å²) in [6.07, 6.45) is 5.27. The zero-order valence-electron chi connectivity index (χ0n) is 13.2. The molecule has 2 N–H and O–H groups in total. The van der Waals surface area contributed by atoms with E-state index in [4.69, 9.17) is 0 Å². The van der Waals surface area contributed by atoms with Crippen LogP contribution in [0.5, 0.6) is 0 Å². The second kappa shape index (κ2) is 6.56. The van der Waals surface area contributed by atoms with E-state index in [2.05, 4.69) is 5.32 Å². The molecule has 0 aromatic heterocycles. The van der Waals surface area contributed by atoms with Crippen LogP contribution in [0, 0.1) is 17.6 Å². The number of nitrogens with one attached hydrogen (secondary N) is 1. The van der Waals surface area contributed by atoms with Crippen LogP contribution >= 0.6 is 0 Å². The lowest BCUT2D eigenvalue weighted by molar-refractivity contribution is -0.130. The van der Waals surface area contributed by atoms with Gasteiger partial charge in [-0.25, -0.2) is 8.78 Å². The summed E-state index contributed by atoms with van der Waals surface area (Å²) in [5.41, 5.74) is -0.559. The topological polar surface area (TPSA) is 49.3 Å². The summed E-state index contributed by atoms with van der Waals surface area (Å²) >= 11 is 0. The summed E-state index contributed by atoms with van der Waals surface area (Å²) in [7, 11) is 0. The Morgan fingerprint density at radius 3 is 2.65 bits per heavy atom. The van der Waals surface area contributed by atoms with Crippen molar-refractivity contribution in [2.45, 2.75) is 56.5 Å². The highest BCUT2D eigenvalue weighted by Gasteiger charge is 2.47. The Labute approximate surface area is 135 Å². The van der Waals surface area contributed by atoms with Gasteiger partial charge in [-0.15, -0.1) is 0 Å². The predicted molar refractivity (Wildman–Crippen MR) is 82.9 cm³/mol. The van der Waals surface area contributed by atoms with Crippen molar-refractivity contribution >= 4 is 5.91 Å². The van der Waals surface area contributed by atoms with Gasteiger partial charge in [-0.3, -0.25) is 4.79 Å². The Hall–Kier alpha value is -1.49. The van der Waals surface area contributed by atoms with Crippen molar-refractivity contribution < 1.29 is 18.7 Å². The maximum atomic E-state index is 14.1. The van der Waals surface area contributed by atoms with Crippen LogP contribution in [-0.2, 0) is 10.2 Å². The van der Waals surface area contributed by atoms with Crippen LogP contribution in [0.3, 0.4) is 0 Å². The number of rotatable bonds is 4. The zero-order valence-corrected chi connectivity index (χ0v) is 13.2. The molecule has 2 unspecified atom stereocenters. The van der Waals surface area contributed by atoms with Gasteiger partial charge < -0.3 is 10.4 Å². The number of benzene rings is 1. The van der Waals surface area contributed by atoms with E-state index in [1.54, 1.807) is 0 Å². The molecule has 0 spiro atoms. The largest absolute Gasteiger partial charge is 0.393 e. The van der Waals surface area contributed by atoms with Gasteiger partial charge in [0.1, 0.15) is 11.6 Å². The van der Waals surface area contributed by atoms with Gasteiger partial charge in [-0.1, -0.05) is 18.9 Å². The fraction of sp³-hybridized carbons (Fsp3) is 0.611. The molecule has 5 heteroatoms. The molecule has 2 aliphatic rings. The summed E-state index contributed by atoms with van der Waals surface area (Å²) in [4.78, 5) is 12.7. The molecular weight excluding hydrogens is 300 g/mol. The molecule has 0 aliphatic heterocycles. The molecule has 2 atom stereocenters. The Balaban J connectivity index is 1.68. The smallest absolute Gasteiger partial charge is 0.230 e. The minimum atomic E-state index is -0.856. The Bertz CT molecular complexity index is 586. The standard InChI is InChI=1S/C18H23F2NO2/c19-13-5-6-15(16(20)10-13)18(7-2-8-18)17(23)21-11-12-3-1-4-14(22)9-12/h5-6,10,12,14,22H,1-4,7-9,11H2,(H,21,23). The summed E-state index contributed by atoms with van der Waals surface area (Å²) < 4.78 is 27.2. The second-order valence-corrected chi connectivity index (χ2v) is 6.96. The highest BCUT2D eigenvalue weighted by molar-refractivity contribution is 5.89. The van der Waals surface area contributed by atoms with Crippen LogP contribution in [0.1, 0.15) is 50.5 Å². The molecule has 1 amide bonds. The van der Waals surface area contributed by atoms with E-state index in [9.17, 15) is 18.7 Å². The maximum Gasteiger partial charge on any atom is 0.230 e. The number of carbonyl (C=O) groups excluding carboxylic acids is 1. The summed E-state index contributed by atoms with van der Waals surface area (Å²) in [6, 6.07) is 3.46. The van der Waals surface area contributed by atoms with Gasteiger partial charge in [0.05, 0.1) is 11.5 Å². The normalized spacial score (nSPS) is 26.4. The van der Waals surface area contributed by atoms with Crippen LogP contribution < -0.4 is 5.32 Å². The summed E-state index contributed by atoms with van der Waals surface area (Å²) in [5.74, 6) is -1.17. The molecule has 0 bridgehead atoms. The van der Waals surface area contributed by atoms with E-state index < -0.39 is 17.0 Å². The van der Waals surface area contributed by atoms with Crippen molar-refractivity contribution in [1.29, 1.82) is 0 Å². The monoisotopic (exact) mass is 323 g/mol. The third kappa shape index (κ3) is 3.25. The third-order valence-corrected chi connectivity index (χ3v) is 5.39. The highest BCUT2D eigenvalue weighted by Crippen LogP contribution is 2.45. The van der Waals surface area contributed by atoms with E-state index in [1.165, 1.54) is 12.1 Å². The molecule has 0 saturated heterocycles. The quantitative estimate of drug-likeness (QED) is 0.895. The van der Waals surface area contributed by atoms with Crippen molar-refractivity contribution in [2.24, 2.45) is 5.92 Å². The predicted octanol–water partition coefficient (Wildman–Crippen LogP) is 3.05. The molecule has 23 heavy (non-hydrogen) atoms. The van der Waals surface area contributed by atoms with Crippen LogP contribution in [0.4, 0.5) is 8.78 Å². The Morgan fingerprint density at radius 1 is 1.26 bits per heavy atom. The number of aliphatic hydroxyl groups excluding tert-OH is 1. The van der Waals surface area contributed by atoms with Crippen molar-refractivity contribution in [3.63, 3.8) is 0 Å². The minimum absolute atomic E-state index is 0.172. The van der Waals surface area contributed by atoms with Gasteiger partial charge in [-0.05, 0) is 44.1 Å². The molecule has 0 radical (unpaired) electrons. The Kier molecular flexibility index (Phi) is 4.67. The van der Waals surface area contributed by atoms with E-state index in [1.807, 2.05) is 0 Å². The lowest BCUT2D eigenvalue weighted by Crippen LogP contribution is -2.51. The first-order chi connectivity index (χ1) is 11.0. The SMILES string of the molecule is O=C(NCC1CCCC(O)C1)C1(c2ccc(F)cc2F)CCC1. The van der Waals surface area contributed by atoms with E-state index in [-0.39, 0.29) is 17.9 Å². The van der Waals surface area contributed by atoms with Crippen LogP contribution in [-0.4, -0.2) is 23.7 Å². The van der Waals surface area contributed by atoms with E-state index >= 15 is 0 Å². The lowest BCUT2D eigenvalue weighted by atomic mass is 9.63. The fourth-order valence-electron chi connectivity index (χ4n) is 3.88. The number of hydrogen-bond acceptors (Lipinski definition) is 2. The van der Waals surface area contributed by atoms with Crippen LogP contribution in [0.15, 0.2) is 18.2 Å². The average molecular weight is 323 g/mol. The molecular formula is C18H23F2NO2. The minimum Gasteiger partial charge on any atom is -0.393 e. The zero-order chi connectivity index (χ0) is 16.4. The van der Waals surface area contributed by atoms with Crippen molar-refractivity contribution in [3.8, 4) is 0 Å². The first-order valence-corrected chi connectivity index (χ1v) is 8.43. The number of carbonyl (C=O) groups is 1. The van der Waals surface area contributed by atoms with Gasteiger partial charge >= 0.3 is 0 Å². The van der Waals surface area contributed by atoms with Crippen molar-refractivity contribution in [3.05, 3.63) is 35.4 Å². The molecule has 126 valence electrons. The molecule has 0 heterocycles. The first-order valence-electron chi connectivity index (χ1n) is 8.43. The van der Waals surface area contributed by atoms with Crippen LogP contribution in [0.25, 0.3) is 0 Å². The van der Waals surface area contributed by atoms with Gasteiger partial charge in [0.25, 0.3) is 0 Å². The summed E-state index contributed by atoms with van der Waals surface area (Å²) in [6.45, 7) is 0.514. The van der Waals surface area contributed by atoms with Gasteiger partial charge in [0.2, 0.25) is 5.91 Å². The van der Waals surface area contributed by atoms with E-state index in [0.29, 0.717) is 31.4 Å². The number of aliphatic hydroxyl groups is 1. The van der Waals surface area contributed by atoms with Gasteiger partial charge in [-0.2, -0.15) is 0 Å². The fourth-order valence-corrected chi connectivity index (χ4v) is 3.88. The van der Waals surface area contributed by atoms with Crippen molar-refractivity contribution in [1.82, 2.24) is 5.32 Å². The summed E-state index contributed by atoms with van der Waals surface area (Å²) in [5, 5.41) is 12.7. The molecule has 3 rings (SSSR count). The third-order valence-electron chi connectivity index (χ3n) is 5.39. The van der Waals surface area contributed by atoms with Gasteiger partial charge in [0, 0.05) is 18.2 Å². The lowest BCUT2D eigenvalue weighted by Gasteiger charge is -2.41. The van der Waals surface area contributed by atoms with E-state index in [0.717, 1.165) is 31.7 Å². The highest BCUT2D eigenvalue weighted by atomic mass is 19.1. The number of hydrogen-bond donors (Lipinski definition) is 2. The average Bonchev–Trinajstić information content (AvgIpc) is 2.46. The molecule has 3 nitrogen and oxygen atoms in total. The van der Waals surface area contributed by atoms with Crippen LogP contribution in [0.2, 0.25) is 0 Å². The maximum absolute atomic E-state index is 14.1. The second-order valence-electron chi connectivity index (χ2n) is 6.96. The molecule has 2 saturated carbocycles.